The molecule has 0 unspecified atom stereocenters. The molecule has 1 aromatic heterocycles. The number of nitrogens with zero attached hydrogens (tertiary/aromatic N) is 1. The highest BCUT2D eigenvalue weighted by molar-refractivity contribution is 9.10. The Morgan fingerprint density at radius 3 is 2.71 bits per heavy atom. The normalized spacial score (nSPS) is 10.1. The van der Waals surface area contributed by atoms with E-state index >= 15 is 0 Å². The lowest BCUT2D eigenvalue weighted by atomic mass is 10.3. The maximum atomic E-state index is 6.09. The molecule has 0 fully saturated rings. The fraction of sp³-hybridized carbons (Fsp3) is 0.0833. The summed E-state index contributed by atoms with van der Waals surface area (Å²) in [6, 6.07) is 11.3. The molecule has 3 nitrogen and oxygen atoms in total. The average Bonchev–Trinajstić information content (AvgIpc) is 2.34. The van der Waals surface area contributed by atoms with Crippen molar-refractivity contribution in [3.8, 4) is 0 Å². The summed E-state index contributed by atoms with van der Waals surface area (Å²) in [7, 11) is 1.83. The van der Waals surface area contributed by atoms with Crippen molar-refractivity contribution in [1.29, 1.82) is 0 Å². The van der Waals surface area contributed by atoms with Gasteiger partial charge in [0.05, 0.1) is 10.7 Å². The largest absolute Gasteiger partial charge is 0.373 e. The SMILES string of the molecule is CNc1cccc(Nc2cc(Br)ccc2Cl)n1. The van der Waals surface area contributed by atoms with Crippen LogP contribution in [0.3, 0.4) is 0 Å². The Balaban J connectivity index is 2.27. The maximum absolute atomic E-state index is 6.09. The van der Waals surface area contributed by atoms with Crippen LogP contribution in [0.2, 0.25) is 5.02 Å². The first-order valence-electron chi connectivity index (χ1n) is 5.06. The first-order valence-corrected chi connectivity index (χ1v) is 6.23. The number of pyridine rings is 1. The van der Waals surface area contributed by atoms with Gasteiger partial charge in [-0.3, -0.25) is 0 Å². The van der Waals surface area contributed by atoms with Crippen LogP contribution in [0.5, 0.6) is 0 Å². The number of anilines is 3. The topological polar surface area (TPSA) is 37.0 Å². The smallest absolute Gasteiger partial charge is 0.132 e. The molecule has 2 rings (SSSR count). The molecule has 0 aliphatic heterocycles. The van der Waals surface area contributed by atoms with Crippen LogP contribution < -0.4 is 10.6 Å². The molecule has 2 N–H and O–H groups in total. The number of nitrogens with one attached hydrogen (secondary N) is 2. The Labute approximate surface area is 113 Å². The van der Waals surface area contributed by atoms with E-state index in [0.29, 0.717) is 5.02 Å². The van der Waals surface area contributed by atoms with Gasteiger partial charge in [-0.15, -0.1) is 0 Å². The van der Waals surface area contributed by atoms with Crippen LogP contribution >= 0.6 is 27.5 Å². The van der Waals surface area contributed by atoms with Crippen molar-refractivity contribution >= 4 is 44.9 Å². The van der Waals surface area contributed by atoms with Crippen molar-refractivity contribution in [1.82, 2.24) is 4.98 Å². The lowest BCUT2D eigenvalue weighted by molar-refractivity contribution is 1.27. The second-order valence-electron chi connectivity index (χ2n) is 3.41. The van der Waals surface area contributed by atoms with E-state index in [9.17, 15) is 0 Å². The third-order valence-corrected chi connectivity index (χ3v) is 3.02. The number of aromatic nitrogens is 1. The zero-order valence-corrected chi connectivity index (χ0v) is 11.5. The van der Waals surface area contributed by atoms with Crippen molar-refractivity contribution < 1.29 is 0 Å². The monoisotopic (exact) mass is 311 g/mol. The summed E-state index contributed by atoms with van der Waals surface area (Å²) in [5.74, 6) is 1.55. The predicted octanol–water partition coefficient (Wildman–Crippen LogP) is 4.28. The van der Waals surface area contributed by atoms with Gasteiger partial charge in [-0.2, -0.15) is 0 Å². The van der Waals surface area contributed by atoms with E-state index in [1.165, 1.54) is 0 Å². The number of hydrogen-bond donors (Lipinski definition) is 2. The number of benzene rings is 1. The molecule has 2 aromatic rings. The van der Waals surface area contributed by atoms with Crippen LogP contribution in [-0.2, 0) is 0 Å². The molecule has 5 heteroatoms. The Morgan fingerprint density at radius 2 is 1.94 bits per heavy atom. The summed E-state index contributed by atoms with van der Waals surface area (Å²) < 4.78 is 0.967. The summed E-state index contributed by atoms with van der Waals surface area (Å²) in [6.07, 6.45) is 0. The van der Waals surface area contributed by atoms with E-state index in [2.05, 4.69) is 31.5 Å². The van der Waals surface area contributed by atoms with Gasteiger partial charge in [-0.05, 0) is 30.3 Å². The summed E-state index contributed by atoms with van der Waals surface area (Å²) >= 11 is 9.50. The number of hydrogen-bond acceptors (Lipinski definition) is 3. The molecular weight excluding hydrogens is 302 g/mol. The van der Waals surface area contributed by atoms with Crippen molar-refractivity contribution in [2.75, 3.05) is 17.7 Å². The molecule has 0 saturated carbocycles. The Kier molecular flexibility index (Phi) is 3.86. The van der Waals surface area contributed by atoms with Gasteiger partial charge >= 0.3 is 0 Å². The van der Waals surface area contributed by atoms with Crippen LogP contribution in [0, 0.1) is 0 Å². The molecular formula is C12H11BrClN3. The van der Waals surface area contributed by atoms with Gasteiger partial charge in [0.25, 0.3) is 0 Å². The summed E-state index contributed by atoms with van der Waals surface area (Å²) in [5.41, 5.74) is 0.821. The van der Waals surface area contributed by atoms with Crippen LogP contribution in [0.1, 0.15) is 0 Å². The molecule has 0 bridgehead atoms. The number of halogens is 2. The quantitative estimate of drug-likeness (QED) is 0.888. The molecule has 88 valence electrons. The molecule has 1 heterocycles. The second-order valence-corrected chi connectivity index (χ2v) is 4.73. The van der Waals surface area contributed by atoms with Gasteiger partial charge in [0.1, 0.15) is 11.6 Å². The van der Waals surface area contributed by atoms with Crippen molar-refractivity contribution in [3.63, 3.8) is 0 Å². The Morgan fingerprint density at radius 1 is 1.18 bits per heavy atom. The van der Waals surface area contributed by atoms with E-state index in [1.807, 2.05) is 43.4 Å². The van der Waals surface area contributed by atoms with Crippen molar-refractivity contribution in [2.24, 2.45) is 0 Å². The molecule has 0 aliphatic rings. The van der Waals surface area contributed by atoms with Crippen LogP contribution in [-0.4, -0.2) is 12.0 Å². The highest BCUT2D eigenvalue weighted by Gasteiger charge is 2.02. The first-order chi connectivity index (χ1) is 8.19. The molecule has 0 radical (unpaired) electrons. The van der Waals surface area contributed by atoms with E-state index in [4.69, 9.17) is 11.6 Å². The zero-order chi connectivity index (χ0) is 12.3. The summed E-state index contributed by atoms with van der Waals surface area (Å²) in [6.45, 7) is 0. The van der Waals surface area contributed by atoms with E-state index in [1.54, 1.807) is 0 Å². The fourth-order valence-electron chi connectivity index (χ4n) is 1.37. The maximum Gasteiger partial charge on any atom is 0.132 e. The Bertz CT molecular complexity index is 531. The standard InChI is InChI=1S/C12H11BrClN3/c1-15-11-3-2-4-12(17-11)16-10-7-8(13)5-6-9(10)14/h2-7H,1H3,(H2,15,16,17). The minimum Gasteiger partial charge on any atom is -0.373 e. The predicted molar refractivity (Wildman–Crippen MR) is 76.2 cm³/mol. The fourth-order valence-corrected chi connectivity index (χ4v) is 1.90. The zero-order valence-electron chi connectivity index (χ0n) is 9.17. The van der Waals surface area contributed by atoms with Crippen LogP contribution in [0.15, 0.2) is 40.9 Å². The minimum absolute atomic E-state index is 0.657. The summed E-state index contributed by atoms with van der Waals surface area (Å²) in [4.78, 5) is 4.36. The number of rotatable bonds is 3. The minimum atomic E-state index is 0.657. The van der Waals surface area contributed by atoms with E-state index in [-0.39, 0.29) is 0 Å². The lowest BCUT2D eigenvalue weighted by Crippen LogP contribution is -1.97. The van der Waals surface area contributed by atoms with E-state index < -0.39 is 0 Å². The first kappa shape index (κ1) is 12.2. The van der Waals surface area contributed by atoms with Gasteiger partial charge < -0.3 is 10.6 Å². The Hall–Kier alpha value is -1.26. The van der Waals surface area contributed by atoms with Gasteiger partial charge in [0, 0.05) is 11.5 Å². The molecule has 0 aliphatic carbocycles. The van der Waals surface area contributed by atoms with Gasteiger partial charge in [-0.1, -0.05) is 33.6 Å². The average molecular weight is 313 g/mol. The van der Waals surface area contributed by atoms with Gasteiger partial charge in [-0.25, -0.2) is 4.98 Å². The molecule has 0 amide bonds. The van der Waals surface area contributed by atoms with Crippen molar-refractivity contribution in [2.45, 2.75) is 0 Å². The second kappa shape index (κ2) is 5.38. The third kappa shape index (κ3) is 3.11. The van der Waals surface area contributed by atoms with Crippen molar-refractivity contribution in [3.05, 3.63) is 45.9 Å². The van der Waals surface area contributed by atoms with Gasteiger partial charge in [0.2, 0.25) is 0 Å². The van der Waals surface area contributed by atoms with E-state index in [0.717, 1.165) is 21.8 Å². The van der Waals surface area contributed by atoms with Crippen LogP contribution in [0.4, 0.5) is 17.3 Å². The lowest BCUT2D eigenvalue weighted by Gasteiger charge is -2.09. The summed E-state index contributed by atoms with van der Waals surface area (Å²) in [5, 5.41) is 6.82. The van der Waals surface area contributed by atoms with Crippen LogP contribution in [0.25, 0.3) is 0 Å². The van der Waals surface area contributed by atoms with Gasteiger partial charge in [0.15, 0.2) is 0 Å². The molecule has 1 aromatic carbocycles. The third-order valence-electron chi connectivity index (χ3n) is 2.20. The molecule has 0 spiro atoms. The molecule has 0 saturated heterocycles. The highest BCUT2D eigenvalue weighted by atomic mass is 79.9. The molecule has 17 heavy (non-hydrogen) atoms. The molecule has 0 atom stereocenters. The highest BCUT2D eigenvalue weighted by Crippen LogP contribution is 2.28.